The van der Waals surface area contributed by atoms with Crippen molar-refractivity contribution in [3.05, 3.63) is 40.9 Å². The number of carbonyl (C=O) groups excluding carboxylic acids is 1. The van der Waals surface area contributed by atoms with Crippen molar-refractivity contribution < 1.29 is 27.8 Å². The number of amides is 2. The maximum atomic E-state index is 13.1. The number of aromatic nitrogens is 1. The Kier molecular flexibility index (Phi) is 6.40. The summed E-state index contributed by atoms with van der Waals surface area (Å²) in [7, 11) is 0. The van der Waals surface area contributed by atoms with E-state index in [1.54, 1.807) is 6.20 Å². The zero-order valence-corrected chi connectivity index (χ0v) is 15.7. The molecule has 0 unspecified atom stereocenters. The maximum absolute atomic E-state index is 13.1. The highest BCUT2D eigenvalue weighted by molar-refractivity contribution is 7.15. The van der Waals surface area contributed by atoms with Crippen molar-refractivity contribution in [3.8, 4) is 5.75 Å². The molecule has 0 saturated carbocycles. The first-order valence-corrected chi connectivity index (χ1v) is 9.63. The molecule has 0 aliphatic carbocycles. The van der Waals surface area contributed by atoms with Crippen LogP contribution in [-0.4, -0.2) is 46.8 Å². The first-order chi connectivity index (χ1) is 13.4. The second kappa shape index (κ2) is 8.78. The summed E-state index contributed by atoms with van der Waals surface area (Å²) >= 11 is 1.33. The number of urea groups is 1. The van der Waals surface area contributed by atoms with Crippen molar-refractivity contribution in [2.75, 3.05) is 25.0 Å². The molecule has 10 heteroatoms. The molecule has 1 fully saturated rings. The molecule has 1 atom stereocenters. The quantitative estimate of drug-likeness (QED) is 0.753. The maximum Gasteiger partial charge on any atom is 0.419 e. The third-order valence-electron chi connectivity index (χ3n) is 4.27. The number of rotatable bonds is 6. The summed E-state index contributed by atoms with van der Waals surface area (Å²) in [5, 5.41) is 12.0. The van der Waals surface area contributed by atoms with Crippen molar-refractivity contribution in [1.29, 1.82) is 0 Å². The molecule has 0 spiro atoms. The van der Waals surface area contributed by atoms with Crippen molar-refractivity contribution in [3.63, 3.8) is 0 Å². The zero-order chi connectivity index (χ0) is 20.1. The van der Waals surface area contributed by atoms with Crippen LogP contribution in [0.3, 0.4) is 0 Å². The topological polar surface area (TPSA) is 74.7 Å². The summed E-state index contributed by atoms with van der Waals surface area (Å²) in [6, 6.07) is 4.70. The molecular weight excluding hydrogens is 395 g/mol. The van der Waals surface area contributed by atoms with Crippen LogP contribution in [0.15, 0.2) is 30.5 Å². The number of carbonyl (C=O) groups is 1. The lowest BCUT2D eigenvalue weighted by atomic mass is 10.2. The van der Waals surface area contributed by atoms with Crippen molar-refractivity contribution in [1.82, 2.24) is 9.88 Å². The Balaban J connectivity index is 1.55. The third-order valence-corrected chi connectivity index (χ3v) is 5.24. The fourth-order valence-corrected chi connectivity index (χ4v) is 3.74. The molecule has 0 radical (unpaired) electrons. The molecule has 2 heterocycles. The highest BCUT2D eigenvalue weighted by atomic mass is 32.1. The van der Waals surface area contributed by atoms with Crippen LogP contribution < -0.4 is 10.1 Å². The summed E-state index contributed by atoms with van der Waals surface area (Å²) in [5.41, 5.74) is -0.823. The van der Waals surface area contributed by atoms with Crippen molar-refractivity contribution in [2.45, 2.75) is 31.5 Å². The molecule has 2 aromatic rings. The third kappa shape index (κ3) is 5.14. The standard InChI is InChI=1S/C18H20F3N3O3S/c19-18(20,21)14-5-1-2-6-15(14)27-12-7-8-24(11-12)17(26)23-16-22-10-13(28-16)4-3-9-25/h1-2,5-6,10,12,25H,3-4,7-9,11H2,(H,22,23,26)/t12-/m0/s1. The molecule has 28 heavy (non-hydrogen) atoms. The molecule has 3 rings (SSSR count). The number of ether oxygens (including phenoxy) is 1. The Labute approximate surface area is 164 Å². The molecule has 1 aromatic heterocycles. The Morgan fingerprint density at radius 3 is 2.93 bits per heavy atom. The molecule has 0 bridgehead atoms. The lowest BCUT2D eigenvalue weighted by molar-refractivity contribution is -0.139. The van der Waals surface area contributed by atoms with Crippen LogP contribution in [0, 0.1) is 0 Å². The van der Waals surface area contributed by atoms with Crippen LogP contribution in [-0.2, 0) is 12.6 Å². The number of likely N-dealkylation sites (tertiary alicyclic amines) is 1. The van der Waals surface area contributed by atoms with Gasteiger partial charge in [0.15, 0.2) is 5.13 Å². The van der Waals surface area contributed by atoms with E-state index in [1.807, 2.05) is 0 Å². The fourth-order valence-electron chi connectivity index (χ4n) is 2.90. The highest BCUT2D eigenvalue weighted by Gasteiger charge is 2.36. The molecule has 1 aromatic carbocycles. The van der Waals surface area contributed by atoms with Gasteiger partial charge in [0.05, 0.1) is 12.1 Å². The van der Waals surface area contributed by atoms with Crippen LogP contribution in [0.25, 0.3) is 0 Å². The number of hydrogen-bond donors (Lipinski definition) is 2. The molecule has 2 N–H and O–H groups in total. The van der Waals surface area contributed by atoms with E-state index in [9.17, 15) is 18.0 Å². The lowest BCUT2D eigenvalue weighted by Crippen LogP contribution is -2.34. The van der Waals surface area contributed by atoms with Crippen LogP contribution >= 0.6 is 11.3 Å². The minimum Gasteiger partial charge on any atom is -0.488 e. The number of para-hydroxylation sites is 1. The Hall–Kier alpha value is -2.33. The van der Waals surface area contributed by atoms with Gasteiger partial charge >= 0.3 is 12.2 Å². The van der Waals surface area contributed by atoms with Crippen LogP contribution in [0.1, 0.15) is 23.3 Å². The minimum absolute atomic E-state index is 0.0895. The van der Waals surface area contributed by atoms with E-state index in [4.69, 9.17) is 9.84 Å². The number of aliphatic hydroxyl groups excluding tert-OH is 1. The molecule has 1 aliphatic heterocycles. The largest absolute Gasteiger partial charge is 0.488 e. The van der Waals surface area contributed by atoms with Gasteiger partial charge in [0.25, 0.3) is 0 Å². The van der Waals surface area contributed by atoms with Gasteiger partial charge < -0.3 is 14.7 Å². The number of anilines is 1. The number of nitrogens with one attached hydrogen (secondary N) is 1. The molecule has 1 saturated heterocycles. The first-order valence-electron chi connectivity index (χ1n) is 8.81. The number of nitrogens with zero attached hydrogens (tertiary/aromatic N) is 2. The zero-order valence-electron chi connectivity index (χ0n) is 14.9. The number of aliphatic hydroxyl groups is 1. The van der Waals surface area contributed by atoms with Crippen LogP contribution in [0.2, 0.25) is 0 Å². The summed E-state index contributed by atoms with van der Waals surface area (Å²) in [5.74, 6) is -0.226. The van der Waals surface area contributed by atoms with Gasteiger partial charge in [-0.15, -0.1) is 11.3 Å². The van der Waals surface area contributed by atoms with Gasteiger partial charge in [0.2, 0.25) is 0 Å². The summed E-state index contributed by atoms with van der Waals surface area (Å²) in [6.45, 7) is 0.667. The van der Waals surface area contributed by atoms with Crippen LogP contribution in [0.5, 0.6) is 5.75 Å². The van der Waals surface area contributed by atoms with E-state index in [0.717, 1.165) is 10.9 Å². The van der Waals surface area contributed by atoms with Gasteiger partial charge in [-0.25, -0.2) is 9.78 Å². The number of alkyl halides is 3. The van der Waals surface area contributed by atoms with Gasteiger partial charge in [-0.3, -0.25) is 5.32 Å². The van der Waals surface area contributed by atoms with Gasteiger partial charge in [-0.05, 0) is 25.0 Å². The van der Waals surface area contributed by atoms with Gasteiger partial charge in [0, 0.05) is 30.6 Å². The number of benzene rings is 1. The van der Waals surface area contributed by atoms with E-state index in [0.29, 0.717) is 30.9 Å². The molecule has 1 aliphatic rings. The average Bonchev–Trinajstić information content (AvgIpc) is 3.29. The summed E-state index contributed by atoms with van der Waals surface area (Å²) in [6.07, 6.45) is -1.60. The molecule has 2 amide bonds. The van der Waals surface area contributed by atoms with E-state index >= 15 is 0 Å². The van der Waals surface area contributed by atoms with Gasteiger partial charge in [-0.2, -0.15) is 13.2 Å². The van der Waals surface area contributed by atoms with E-state index in [-0.39, 0.29) is 24.9 Å². The monoisotopic (exact) mass is 415 g/mol. The van der Waals surface area contributed by atoms with Crippen LogP contribution in [0.4, 0.5) is 23.1 Å². The van der Waals surface area contributed by atoms with E-state index < -0.39 is 17.8 Å². The number of hydrogen-bond acceptors (Lipinski definition) is 5. The molecular formula is C18H20F3N3O3S. The normalized spacial score (nSPS) is 17.0. The summed E-state index contributed by atoms with van der Waals surface area (Å²) < 4.78 is 44.8. The highest BCUT2D eigenvalue weighted by Crippen LogP contribution is 2.36. The van der Waals surface area contributed by atoms with Crippen molar-refractivity contribution in [2.24, 2.45) is 0 Å². The number of thiazole rings is 1. The van der Waals surface area contributed by atoms with Gasteiger partial charge in [0.1, 0.15) is 11.9 Å². The predicted molar refractivity (Wildman–Crippen MR) is 98.6 cm³/mol. The van der Waals surface area contributed by atoms with Crippen molar-refractivity contribution >= 4 is 22.5 Å². The Bertz CT molecular complexity index is 813. The second-order valence-corrected chi connectivity index (χ2v) is 7.47. The lowest BCUT2D eigenvalue weighted by Gasteiger charge is -2.19. The summed E-state index contributed by atoms with van der Waals surface area (Å²) in [4.78, 5) is 18.9. The average molecular weight is 415 g/mol. The Morgan fingerprint density at radius 2 is 2.18 bits per heavy atom. The molecule has 152 valence electrons. The van der Waals surface area contributed by atoms with E-state index in [1.165, 1.54) is 34.4 Å². The number of aryl methyl sites for hydroxylation is 1. The first kappa shape index (κ1) is 20.4. The second-order valence-electron chi connectivity index (χ2n) is 6.36. The Morgan fingerprint density at radius 1 is 1.39 bits per heavy atom. The fraction of sp³-hybridized carbons (Fsp3) is 0.444. The van der Waals surface area contributed by atoms with Gasteiger partial charge in [-0.1, -0.05) is 12.1 Å². The predicted octanol–water partition coefficient (Wildman–Crippen LogP) is 3.77. The SMILES string of the molecule is O=C(Nc1ncc(CCCO)s1)N1CC[C@H](Oc2ccccc2C(F)(F)F)C1. The van der Waals surface area contributed by atoms with E-state index in [2.05, 4.69) is 10.3 Å². The minimum atomic E-state index is -4.50. The molecule has 6 nitrogen and oxygen atoms in total. The number of halogens is 3. The smallest absolute Gasteiger partial charge is 0.419 e.